The van der Waals surface area contributed by atoms with Crippen molar-refractivity contribution in [2.75, 3.05) is 25.0 Å². The fourth-order valence-corrected chi connectivity index (χ4v) is 2.81. The molecule has 28 heavy (non-hydrogen) atoms. The van der Waals surface area contributed by atoms with Crippen molar-refractivity contribution in [3.63, 3.8) is 0 Å². The molecule has 0 aliphatic carbocycles. The van der Waals surface area contributed by atoms with E-state index in [9.17, 15) is 14.4 Å². The normalized spacial score (nSPS) is 10.6. The van der Waals surface area contributed by atoms with Crippen LogP contribution < -0.4 is 10.6 Å². The van der Waals surface area contributed by atoms with E-state index < -0.39 is 0 Å². The van der Waals surface area contributed by atoms with E-state index in [1.807, 2.05) is 45.0 Å². The number of hydrogen-bond donors (Lipinski definition) is 2. The molecule has 0 aromatic heterocycles. The summed E-state index contributed by atoms with van der Waals surface area (Å²) in [4.78, 5) is 38.3. The number of carbonyl (C=O) groups excluding carboxylic acids is 3. The van der Waals surface area contributed by atoms with Gasteiger partial charge in [0.25, 0.3) is 0 Å². The number of anilines is 1. The summed E-state index contributed by atoms with van der Waals surface area (Å²) >= 11 is 0. The second kappa shape index (κ2) is 12.9. The molecule has 0 fully saturated rings. The molecular weight excluding hydrogens is 354 g/mol. The monoisotopic (exact) mass is 389 g/mol. The van der Waals surface area contributed by atoms with Gasteiger partial charge in [0.05, 0.1) is 13.1 Å². The molecule has 3 amide bonds. The Hall–Kier alpha value is -2.37. The zero-order valence-electron chi connectivity index (χ0n) is 17.7. The quantitative estimate of drug-likeness (QED) is 0.537. The SMILES string of the molecule is CCCCCCC(=O)N(CC(=O)NCC(=O)Nc1ccc(C)cc1)CC(C)C. The largest absolute Gasteiger partial charge is 0.345 e. The van der Waals surface area contributed by atoms with Gasteiger partial charge in [0, 0.05) is 18.7 Å². The number of amides is 3. The van der Waals surface area contributed by atoms with Crippen molar-refractivity contribution >= 4 is 23.4 Å². The molecule has 0 radical (unpaired) electrons. The van der Waals surface area contributed by atoms with E-state index in [1.165, 1.54) is 0 Å². The predicted molar refractivity (Wildman–Crippen MR) is 113 cm³/mol. The second-order valence-corrected chi connectivity index (χ2v) is 7.67. The summed E-state index contributed by atoms with van der Waals surface area (Å²) < 4.78 is 0. The van der Waals surface area contributed by atoms with Crippen LogP contribution in [-0.4, -0.2) is 42.3 Å². The molecule has 0 unspecified atom stereocenters. The molecule has 0 aliphatic rings. The number of hydrogen-bond acceptors (Lipinski definition) is 3. The van der Waals surface area contributed by atoms with Crippen LogP contribution in [0.4, 0.5) is 5.69 Å². The van der Waals surface area contributed by atoms with Crippen molar-refractivity contribution in [3.8, 4) is 0 Å². The lowest BCUT2D eigenvalue weighted by Gasteiger charge is -2.24. The van der Waals surface area contributed by atoms with Crippen LogP contribution in [0, 0.1) is 12.8 Å². The van der Waals surface area contributed by atoms with Crippen molar-refractivity contribution in [1.82, 2.24) is 10.2 Å². The summed E-state index contributed by atoms with van der Waals surface area (Å²) in [6.45, 7) is 8.55. The van der Waals surface area contributed by atoms with E-state index >= 15 is 0 Å². The standard InChI is InChI=1S/C22H35N3O3/c1-5-6-7-8-9-22(28)25(15-17(2)3)16-21(27)23-14-20(26)24-19-12-10-18(4)11-13-19/h10-13,17H,5-9,14-16H2,1-4H3,(H,23,27)(H,24,26). The molecule has 1 rings (SSSR count). The van der Waals surface area contributed by atoms with Crippen LogP contribution in [0.15, 0.2) is 24.3 Å². The van der Waals surface area contributed by atoms with Crippen LogP contribution in [0.2, 0.25) is 0 Å². The summed E-state index contributed by atoms with van der Waals surface area (Å²) in [5.41, 5.74) is 1.80. The third kappa shape index (κ3) is 10.1. The van der Waals surface area contributed by atoms with Gasteiger partial charge < -0.3 is 15.5 Å². The van der Waals surface area contributed by atoms with Crippen molar-refractivity contribution in [1.29, 1.82) is 0 Å². The van der Waals surface area contributed by atoms with Gasteiger partial charge in [-0.25, -0.2) is 0 Å². The maximum absolute atomic E-state index is 12.5. The van der Waals surface area contributed by atoms with Gasteiger partial charge in [-0.2, -0.15) is 0 Å². The maximum Gasteiger partial charge on any atom is 0.243 e. The second-order valence-electron chi connectivity index (χ2n) is 7.67. The van der Waals surface area contributed by atoms with Crippen molar-refractivity contribution in [2.24, 2.45) is 5.92 Å². The summed E-state index contributed by atoms with van der Waals surface area (Å²) in [5, 5.41) is 5.34. The minimum atomic E-state index is -0.318. The van der Waals surface area contributed by atoms with Gasteiger partial charge in [-0.05, 0) is 31.4 Å². The first-order valence-electron chi connectivity index (χ1n) is 10.2. The average Bonchev–Trinajstić information content (AvgIpc) is 2.64. The molecule has 1 aromatic carbocycles. The van der Waals surface area contributed by atoms with Crippen molar-refractivity contribution < 1.29 is 14.4 Å². The highest BCUT2D eigenvalue weighted by Crippen LogP contribution is 2.09. The molecule has 6 heteroatoms. The molecule has 0 saturated carbocycles. The van der Waals surface area contributed by atoms with Crippen LogP contribution >= 0.6 is 0 Å². The molecule has 6 nitrogen and oxygen atoms in total. The summed E-state index contributed by atoms with van der Waals surface area (Å²) in [6.07, 6.45) is 4.59. The fourth-order valence-electron chi connectivity index (χ4n) is 2.81. The number of unbranched alkanes of at least 4 members (excludes halogenated alkanes) is 3. The van der Waals surface area contributed by atoms with Crippen LogP contribution in [0.5, 0.6) is 0 Å². The van der Waals surface area contributed by atoms with E-state index in [-0.39, 0.29) is 36.7 Å². The minimum Gasteiger partial charge on any atom is -0.345 e. The van der Waals surface area contributed by atoms with E-state index in [1.54, 1.807) is 4.90 Å². The Bertz CT molecular complexity index is 626. The zero-order valence-corrected chi connectivity index (χ0v) is 17.7. The molecule has 0 atom stereocenters. The van der Waals surface area contributed by atoms with E-state index in [0.717, 1.165) is 31.2 Å². The molecule has 0 heterocycles. The van der Waals surface area contributed by atoms with Gasteiger partial charge in [0.2, 0.25) is 17.7 Å². The van der Waals surface area contributed by atoms with Gasteiger partial charge in [-0.1, -0.05) is 57.7 Å². The molecular formula is C22H35N3O3. The Morgan fingerprint density at radius 2 is 1.68 bits per heavy atom. The summed E-state index contributed by atoms with van der Waals surface area (Å²) in [7, 11) is 0. The van der Waals surface area contributed by atoms with E-state index in [0.29, 0.717) is 18.7 Å². The number of nitrogens with one attached hydrogen (secondary N) is 2. The molecule has 0 saturated heterocycles. The Morgan fingerprint density at radius 1 is 1.00 bits per heavy atom. The molecule has 156 valence electrons. The molecule has 0 bridgehead atoms. The summed E-state index contributed by atoms with van der Waals surface area (Å²) in [5.74, 6) is -0.332. The highest BCUT2D eigenvalue weighted by molar-refractivity contribution is 5.95. The van der Waals surface area contributed by atoms with Crippen LogP contribution in [-0.2, 0) is 14.4 Å². The van der Waals surface area contributed by atoms with Gasteiger partial charge >= 0.3 is 0 Å². The Kier molecular flexibility index (Phi) is 10.9. The number of rotatable bonds is 12. The minimum absolute atomic E-state index is 0.00376. The first-order chi connectivity index (χ1) is 13.3. The Morgan fingerprint density at radius 3 is 2.29 bits per heavy atom. The number of carbonyl (C=O) groups is 3. The predicted octanol–water partition coefficient (Wildman–Crippen LogP) is 3.50. The lowest BCUT2D eigenvalue weighted by Crippen LogP contribution is -2.44. The van der Waals surface area contributed by atoms with Gasteiger partial charge in [-0.15, -0.1) is 0 Å². The van der Waals surface area contributed by atoms with E-state index in [4.69, 9.17) is 0 Å². The maximum atomic E-state index is 12.5. The van der Waals surface area contributed by atoms with E-state index in [2.05, 4.69) is 17.6 Å². The molecule has 0 spiro atoms. The third-order valence-corrected chi connectivity index (χ3v) is 4.30. The molecule has 2 N–H and O–H groups in total. The van der Waals surface area contributed by atoms with Gasteiger partial charge in [-0.3, -0.25) is 14.4 Å². The number of nitrogens with zero attached hydrogens (tertiary/aromatic N) is 1. The van der Waals surface area contributed by atoms with Crippen LogP contribution in [0.25, 0.3) is 0 Å². The zero-order chi connectivity index (χ0) is 20.9. The Balaban J connectivity index is 2.44. The number of aryl methyl sites for hydroxylation is 1. The highest BCUT2D eigenvalue weighted by Gasteiger charge is 2.18. The highest BCUT2D eigenvalue weighted by atomic mass is 16.2. The molecule has 0 aliphatic heterocycles. The van der Waals surface area contributed by atoms with Gasteiger partial charge in [0.15, 0.2) is 0 Å². The fraction of sp³-hybridized carbons (Fsp3) is 0.591. The van der Waals surface area contributed by atoms with Crippen molar-refractivity contribution in [3.05, 3.63) is 29.8 Å². The first-order valence-corrected chi connectivity index (χ1v) is 10.2. The van der Waals surface area contributed by atoms with Crippen LogP contribution in [0.3, 0.4) is 0 Å². The lowest BCUT2D eigenvalue weighted by molar-refractivity contribution is -0.136. The van der Waals surface area contributed by atoms with Crippen LogP contribution in [0.1, 0.15) is 58.4 Å². The third-order valence-electron chi connectivity index (χ3n) is 4.30. The Labute approximate surface area is 169 Å². The molecule has 1 aromatic rings. The average molecular weight is 390 g/mol. The number of benzene rings is 1. The van der Waals surface area contributed by atoms with Gasteiger partial charge in [0.1, 0.15) is 0 Å². The smallest absolute Gasteiger partial charge is 0.243 e. The lowest BCUT2D eigenvalue weighted by atomic mass is 10.1. The summed E-state index contributed by atoms with van der Waals surface area (Å²) in [6, 6.07) is 7.45. The topological polar surface area (TPSA) is 78.5 Å². The first kappa shape index (κ1) is 23.7. The van der Waals surface area contributed by atoms with Crippen molar-refractivity contribution in [2.45, 2.75) is 59.8 Å².